The van der Waals surface area contributed by atoms with Crippen molar-refractivity contribution in [2.75, 3.05) is 5.75 Å². The quantitative estimate of drug-likeness (QED) is 0.747. The molecule has 0 heterocycles. The molecule has 0 unspecified atom stereocenters. The highest BCUT2D eigenvalue weighted by Crippen LogP contribution is 2.26. The number of allylic oxidation sites excluding steroid dienone is 1. The van der Waals surface area contributed by atoms with E-state index in [0.29, 0.717) is 6.42 Å². The molecule has 3 heteroatoms. The molecule has 0 saturated carbocycles. The van der Waals surface area contributed by atoms with Gasteiger partial charge < -0.3 is 0 Å². The Bertz CT molecular complexity index is 395. The standard InChI is InChI=1S/C12H11ClOS/c13-10-2-5-12(6-3-10)15-8-9-1-4-11(14)7-9/h2-3,5-7H,1,4,8H2. The summed E-state index contributed by atoms with van der Waals surface area (Å²) >= 11 is 7.54. The van der Waals surface area contributed by atoms with Gasteiger partial charge >= 0.3 is 0 Å². The Morgan fingerprint density at radius 2 is 1.93 bits per heavy atom. The summed E-state index contributed by atoms with van der Waals surface area (Å²) in [6.07, 6.45) is 3.40. The molecule has 1 aromatic rings. The van der Waals surface area contributed by atoms with Gasteiger partial charge in [0.2, 0.25) is 0 Å². The minimum absolute atomic E-state index is 0.265. The fraction of sp³-hybridized carbons (Fsp3) is 0.250. The molecule has 15 heavy (non-hydrogen) atoms. The van der Waals surface area contributed by atoms with Crippen LogP contribution in [0.5, 0.6) is 0 Å². The van der Waals surface area contributed by atoms with Crippen molar-refractivity contribution in [3.8, 4) is 0 Å². The zero-order valence-corrected chi connectivity index (χ0v) is 9.77. The van der Waals surface area contributed by atoms with Crippen LogP contribution in [0.2, 0.25) is 5.02 Å². The van der Waals surface area contributed by atoms with Gasteiger partial charge in [-0.25, -0.2) is 0 Å². The number of carbonyl (C=O) groups excluding carboxylic acids is 1. The summed E-state index contributed by atoms with van der Waals surface area (Å²) in [5.74, 6) is 1.18. The van der Waals surface area contributed by atoms with Crippen LogP contribution < -0.4 is 0 Å². The molecular formula is C12H11ClOS. The van der Waals surface area contributed by atoms with Crippen LogP contribution in [0, 0.1) is 0 Å². The van der Waals surface area contributed by atoms with Gasteiger partial charge in [-0.15, -0.1) is 11.8 Å². The fourth-order valence-corrected chi connectivity index (χ4v) is 2.51. The third kappa shape index (κ3) is 3.11. The van der Waals surface area contributed by atoms with E-state index in [1.54, 1.807) is 17.8 Å². The van der Waals surface area contributed by atoms with Crippen LogP contribution in [0.15, 0.2) is 40.8 Å². The number of rotatable bonds is 3. The van der Waals surface area contributed by atoms with Crippen molar-refractivity contribution >= 4 is 29.1 Å². The molecule has 0 aliphatic heterocycles. The maximum Gasteiger partial charge on any atom is 0.155 e. The molecule has 0 atom stereocenters. The summed E-state index contributed by atoms with van der Waals surface area (Å²) in [5, 5.41) is 0.759. The van der Waals surface area contributed by atoms with E-state index in [4.69, 9.17) is 11.6 Å². The van der Waals surface area contributed by atoms with Gasteiger partial charge in [0.1, 0.15) is 0 Å². The van der Waals surface area contributed by atoms with Gasteiger partial charge in [0, 0.05) is 22.1 Å². The third-order valence-corrected chi connectivity index (χ3v) is 3.67. The van der Waals surface area contributed by atoms with Gasteiger partial charge in [0.15, 0.2) is 5.78 Å². The first-order valence-electron chi connectivity index (χ1n) is 4.85. The maximum atomic E-state index is 11.0. The predicted molar refractivity (Wildman–Crippen MR) is 64.5 cm³/mol. The number of halogens is 1. The lowest BCUT2D eigenvalue weighted by Gasteiger charge is -2.01. The Morgan fingerprint density at radius 1 is 1.20 bits per heavy atom. The number of hydrogen-bond acceptors (Lipinski definition) is 2. The van der Waals surface area contributed by atoms with Gasteiger partial charge in [-0.2, -0.15) is 0 Å². The summed E-state index contributed by atoms with van der Waals surface area (Å²) in [5.41, 5.74) is 1.25. The smallest absolute Gasteiger partial charge is 0.155 e. The highest BCUT2D eigenvalue weighted by atomic mass is 35.5. The van der Waals surface area contributed by atoms with Crippen molar-refractivity contribution < 1.29 is 4.79 Å². The zero-order chi connectivity index (χ0) is 10.7. The van der Waals surface area contributed by atoms with Gasteiger partial charge in [-0.3, -0.25) is 4.79 Å². The molecule has 0 N–H and O–H groups in total. The Hall–Kier alpha value is -0.730. The van der Waals surface area contributed by atoms with Crippen LogP contribution in [-0.2, 0) is 4.79 Å². The normalized spacial score (nSPS) is 15.5. The Balaban J connectivity index is 1.91. The molecule has 78 valence electrons. The average Bonchev–Trinajstić information content (AvgIpc) is 2.64. The highest BCUT2D eigenvalue weighted by Gasteiger charge is 2.11. The summed E-state index contributed by atoms with van der Waals surface area (Å²) in [4.78, 5) is 12.2. The highest BCUT2D eigenvalue weighted by molar-refractivity contribution is 7.99. The molecule has 0 amide bonds. The van der Waals surface area contributed by atoms with Gasteiger partial charge in [0.25, 0.3) is 0 Å². The van der Waals surface area contributed by atoms with Gasteiger partial charge in [-0.1, -0.05) is 17.2 Å². The molecule has 0 spiro atoms. The van der Waals surface area contributed by atoms with Crippen LogP contribution in [0.25, 0.3) is 0 Å². The minimum atomic E-state index is 0.265. The molecule has 0 aromatic heterocycles. The van der Waals surface area contributed by atoms with Crippen LogP contribution in [0.1, 0.15) is 12.8 Å². The van der Waals surface area contributed by atoms with Crippen LogP contribution in [-0.4, -0.2) is 11.5 Å². The maximum absolute atomic E-state index is 11.0. The van der Waals surface area contributed by atoms with E-state index in [9.17, 15) is 4.79 Å². The molecule has 1 aromatic carbocycles. The zero-order valence-electron chi connectivity index (χ0n) is 8.20. The predicted octanol–water partition coefficient (Wildman–Crippen LogP) is 3.72. The summed E-state index contributed by atoms with van der Waals surface area (Å²) < 4.78 is 0. The second-order valence-electron chi connectivity index (χ2n) is 3.51. The molecule has 0 radical (unpaired) electrons. The van der Waals surface area contributed by atoms with E-state index < -0.39 is 0 Å². The molecule has 0 bridgehead atoms. The van der Waals surface area contributed by atoms with Gasteiger partial charge in [0.05, 0.1) is 0 Å². The van der Waals surface area contributed by atoms with E-state index in [1.165, 1.54) is 10.5 Å². The van der Waals surface area contributed by atoms with Crippen molar-refractivity contribution in [1.29, 1.82) is 0 Å². The van der Waals surface area contributed by atoms with Crippen molar-refractivity contribution in [1.82, 2.24) is 0 Å². The summed E-state index contributed by atoms with van der Waals surface area (Å²) in [6, 6.07) is 7.78. The molecule has 0 saturated heterocycles. The first-order valence-corrected chi connectivity index (χ1v) is 6.21. The minimum Gasteiger partial charge on any atom is -0.295 e. The second-order valence-corrected chi connectivity index (χ2v) is 5.00. The lowest BCUT2D eigenvalue weighted by molar-refractivity contribution is -0.114. The van der Waals surface area contributed by atoms with Crippen molar-refractivity contribution in [2.45, 2.75) is 17.7 Å². The lowest BCUT2D eigenvalue weighted by Crippen LogP contribution is -1.82. The van der Waals surface area contributed by atoms with Gasteiger partial charge in [-0.05, 0) is 36.8 Å². The Labute approximate surface area is 98.5 Å². The lowest BCUT2D eigenvalue weighted by atomic mass is 10.3. The number of benzene rings is 1. The van der Waals surface area contributed by atoms with E-state index in [0.717, 1.165) is 17.2 Å². The summed E-state index contributed by atoms with van der Waals surface area (Å²) in [6.45, 7) is 0. The monoisotopic (exact) mass is 238 g/mol. The molecule has 1 aliphatic carbocycles. The molecule has 1 aliphatic rings. The third-order valence-electron chi connectivity index (χ3n) is 2.30. The van der Waals surface area contributed by atoms with Crippen molar-refractivity contribution in [2.24, 2.45) is 0 Å². The second kappa shape index (κ2) is 4.86. The topological polar surface area (TPSA) is 17.1 Å². The molecule has 0 fully saturated rings. The van der Waals surface area contributed by atoms with E-state index in [2.05, 4.69) is 0 Å². The van der Waals surface area contributed by atoms with E-state index >= 15 is 0 Å². The first kappa shape index (κ1) is 10.8. The Kier molecular flexibility index (Phi) is 3.49. The molecule has 1 nitrogen and oxygen atoms in total. The van der Waals surface area contributed by atoms with E-state index in [-0.39, 0.29) is 5.78 Å². The van der Waals surface area contributed by atoms with Crippen molar-refractivity contribution in [3.63, 3.8) is 0 Å². The van der Waals surface area contributed by atoms with Crippen LogP contribution in [0.4, 0.5) is 0 Å². The van der Waals surface area contributed by atoms with Crippen LogP contribution >= 0.6 is 23.4 Å². The molecular weight excluding hydrogens is 228 g/mol. The number of carbonyl (C=O) groups is 1. The largest absolute Gasteiger partial charge is 0.295 e. The van der Waals surface area contributed by atoms with Crippen LogP contribution in [0.3, 0.4) is 0 Å². The average molecular weight is 239 g/mol. The Morgan fingerprint density at radius 3 is 2.53 bits per heavy atom. The molecule has 2 rings (SSSR count). The van der Waals surface area contributed by atoms with Crippen molar-refractivity contribution in [3.05, 3.63) is 40.9 Å². The van der Waals surface area contributed by atoms with E-state index in [1.807, 2.05) is 24.3 Å². The number of hydrogen-bond donors (Lipinski definition) is 0. The summed E-state index contributed by atoms with van der Waals surface area (Å²) in [7, 11) is 0. The number of ketones is 1. The first-order chi connectivity index (χ1) is 7.24. The number of thioether (sulfide) groups is 1. The SMILES string of the molecule is O=C1C=C(CSc2ccc(Cl)cc2)CC1. The fourth-order valence-electron chi connectivity index (χ4n) is 1.48.